The van der Waals surface area contributed by atoms with Crippen LogP contribution in [0.25, 0.3) is 0 Å². The van der Waals surface area contributed by atoms with Crippen LogP contribution >= 0.6 is 11.8 Å². The molecule has 2 atom stereocenters. The van der Waals surface area contributed by atoms with E-state index in [-0.39, 0.29) is 0 Å². The van der Waals surface area contributed by atoms with E-state index in [2.05, 4.69) is 93.1 Å². The van der Waals surface area contributed by atoms with Crippen LogP contribution in [0, 0.1) is 55.4 Å². The van der Waals surface area contributed by atoms with Gasteiger partial charge in [-0.15, -0.1) is 11.8 Å². The number of benzene rings is 2. The number of hydrogen-bond donors (Lipinski definition) is 0. The van der Waals surface area contributed by atoms with E-state index in [9.17, 15) is 0 Å². The van der Waals surface area contributed by atoms with Crippen LogP contribution in [0.2, 0.25) is 0 Å². The monoisotopic (exact) mass is 448 g/mol. The number of aryl methyl sites for hydroxylation is 4. The molecule has 32 heavy (non-hydrogen) atoms. The third kappa shape index (κ3) is 5.03. The average molecular weight is 449 g/mol. The van der Waals surface area contributed by atoms with E-state index in [1.54, 1.807) is 0 Å². The Labute approximate surface area is 200 Å². The number of rotatable bonds is 4. The first-order chi connectivity index (χ1) is 15.0. The molecule has 1 aliphatic heterocycles. The van der Waals surface area contributed by atoms with E-state index < -0.39 is 0 Å². The Morgan fingerprint density at radius 2 is 0.938 bits per heavy atom. The molecule has 2 aromatic rings. The lowest BCUT2D eigenvalue weighted by molar-refractivity contribution is 0.702. The fraction of sp³-hybridized carbons (Fsp3) is 0.517. The molecule has 2 nitrogen and oxygen atoms in total. The van der Waals surface area contributed by atoms with Crippen LogP contribution < -0.4 is 0 Å². The van der Waals surface area contributed by atoms with Crippen molar-refractivity contribution in [1.29, 1.82) is 0 Å². The maximum absolute atomic E-state index is 5.19. The zero-order chi connectivity index (χ0) is 23.7. The van der Waals surface area contributed by atoms with Gasteiger partial charge in [0.2, 0.25) is 0 Å². The van der Waals surface area contributed by atoms with Crippen molar-refractivity contribution in [2.45, 2.75) is 99.0 Å². The summed E-state index contributed by atoms with van der Waals surface area (Å²) in [5.74, 6) is 0. The minimum atomic E-state index is 0.458. The minimum Gasteiger partial charge on any atom is -0.256 e. The molecule has 0 radical (unpaired) electrons. The molecular formula is C29H40N2S. The van der Waals surface area contributed by atoms with Crippen molar-refractivity contribution in [3.63, 3.8) is 0 Å². The summed E-state index contributed by atoms with van der Waals surface area (Å²) in [7, 11) is 0. The van der Waals surface area contributed by atoms with Crippen LogP contribution in [0.15, 0.2) is 22.1 Å². The molecule has 1 saturated heterocycles. The second-order valence-corrected chi connectivity index (χ2v) is 11.2. The van der Waals surface area contributed by atoms with E-state index in [0.717, 1.165) is 0 Å². The summed E-state index contributed by atoms with van der Waals surface area (Å²) >= 11 is 2.06. The maximum atomic E-state index is 5.19. The average Bonchev–Trinajstić information content (AvgIpc) is 2.76. The lowest BCUT2D eigenvalue weighted by Gasteiger charge is -2.29. The van der Waals surface area contributed by atoms with Gasteiger partial charge in [0.15, 0.2) is 0 Å². The van der Waals surface area contributed by atoms with Gasteiger partial charge in [-0.05, 0) is 127 Å². The largest absolute Gasteiger partial charge is 0.256 e. The Hall–Kier alpha value is -1.87. The van der Waals surface area contributed by atoms with Gasteiger partial charge in [-0.2, -0.15) is 0 Å². The van der Waals surface area contributed by atoms with Gasteiger partial charge in [0.25, 0.3) is 0 Å². The Balaban J connectivity index is 1.88. The van der Waals surface area contributed by atoms with E-state index in [1.165, 1.54) is 86.6 Å². The van der Waals surface area contributed by atoms with Gasteiger partial charge in [0, 0.05) is 21.9 Å². The molecule has 0 amide bonds. The van der Waals surface area contributed by atoms with Crippen LogP contribution in [0.4, 0.5) is 11.4 Å². The normalized spacial score (nSPS) is 20.1. The Morgan fingerprint density at radius 1 is 0.625 bits per heavy atom. The van der Waals surface area contributed by atoms with Crippen molar-refractivity contribution >= 4 is 34.6 Å². The second kappa shape index (κ2) is 9.95. The molecule has 172 valence electrons. The number of nitrogens with zero attached hydrogens (tertiary/aromatic N) is 2. The Kier molecular flexibility index (Phi) is 7.70. The summed E-state index contributed by atoms with van der Waals surface area (Å²) in [6.07, 6.45) is 3.64. The minimum absolute atomic E-state index is 0.458. The van der Waals surface area contributed by atoms with Crippen molar-refractivity contribution in [1.82, 2.24) is 0 Å². The van der Waals surface area contributed by atoms with Gasteiger partial charge in [-0.25, -0.2) is 0 Å². The molecule has 2 unspecified atom stereocenters. The molecule has 2 aromatic carbocycles. The Bertz CT molecular complexity index is 953. The van der Waals surface area contributed by atoms with Crippen LogP contribution in [-0.2, 0) is 0 Å². The highest BCUT2D eigenvalue weighted by atomic mass is 32.2. The highest BCUT2D eigenvalue weighted by molar-refractivity contribution is 8.02. The molecule has 0 saturated carbocycles. The SMILES string of the molecule is CC(=Nc1c(C)c(C)cc(C)c1C)C1CCCC(C(C)=Nc2c(C)c(C)cc(C)c2C)S1. The van der Waals surface area contributed by atoms with Gasteiger partial charge in [-0.3, -0.25) is 9.98 Å². The quantitative estimate of drug-likeness (QED) is 0.429. The second-order valence-electron chi connectivity index (χ2n) is 9.77. The van der Waals surface area contributed by atoms with Crippen molar-refractivity contribution in [3.05, 3.63) is 56.6 Å². The van der Waals surface area contributed by atoms with Gasteiger partial charge in [0.05, 0.1) is 11.4 Å². The van der Waals surface area contributed by atoms with Gasteiger partial charge >= 0.3 is 0 Å². The van der Waals surface area contributed by atoms with Crippen LogP contribution in [0.1, 0.15) is 77.6 Å². The Morgan fingerprint density at radius 3 is 1.25 bits per heavy atom. The smallest absolute Gasteiger partial charge is 0.0692 e. The molecule has 1 fully saturated rings. The zero-order valence-electron chi connectivity index (χ0n) is 21.7. The van der Waals surface area contributed by atoms with E-state index in [4.69, 9.17) is 9.98 Å². The third-order valence-electron chi connectivity index (χ3n) is 7.42. The lowest BCUT2D eigenvalue weighted by atomic mass is 9.98. The third-order valence-corrected chi connectivity index (χ3v) is 9.23. The van der Waals surface area contributed by atoms with Crippen molar-refractivity contribution in [3.8, 4) is 0 Å². The lowest BCUT2D eigenvalue weighted by Crippen LogP contribution is -2.27. The van der Waals surface area contributed by atoms with Gasteiger partial charge in [-0.1, -0.05) is 18.6 Å². The summed E-state index contributed by atoms with van der Waals surface area (Å²) in [6.45, 7) is 22.0. The molecule has 3 heteroatoms. The van der Waals surface area contributed by atoms with Gasteiger partial charge in [0.1, 0.15) is 0 Å². The van der Waals surface area contributed by atoms with Crippen molar-refractivity contribution in [2.75, 3.05) is 0 Å². The van der Waals surface area contributed by atoms with Crippen LogP contribution in [0.3, 0.4) is 0 Å². The molecule has 0 aliphatic carbocycles. The number of aliphatic imine (C=N–C) groups is 2. The fourth-order valence-corrected chi connectivity index (χ4v) is 6.16. The number of thioether (sulfide) groups is 1. The molecule has 3 rings (SSSR count). The van der Waals surface area contributed by atoms with Gasteiger partial charge < -0.3 is 0 Å². The molecule has 0 spiro atoms. The van der Waals surface area contributed by atoms with E-state index in [0.29, 0.717) is 10.5 Å². The summed E-state index contributed by atoms with van der Waals surface area (Å²) in [5.41, 5.74) is 15.4. The van der Waals surface area contributed by atoms with Crippen molar-refractivity contribution < 1.29 is 0 Å². The summed E-state index contributed by atoms with van der Waals surface area (Å²) < 4.78 is 0. The summed E-state index contributed by atoms with van der Waals surface area (Å²) in [5, 5.41) is 0.917. The highest BCUT2D eigenvalue weighted by Gasteiger charge is 2.27. The van der Waals surface area contributed by atoms with Crippen molar-refractivity contribution in [2.24, 2.45) is 9.98 Å². The fourth-order valence-electron chi connectivity index (χ4n) is 4.66. The maximum Gasteiger partial charge on any atom is 0.0692 e. The predicted octanol–water partition coefficient (Wildman–Crippen LogP) is 8.69. The van der Waals surface area contributed by atoms with E-state index in [1.807, 2.05) is 0 Å². The summed E-state index contributed by atoms with van der Waals surface area (Å²) in [4.78, 5) is 10.4. The van der Waals surface area contributed by atoms with Crippen LogP contribution in [-0.4, -0.2) is 21.9 Å². The molecule has 1 heterocycles. The predicted molar refractivity (Wildman–Crippen MR) is 145 cm³/mol. The first kappa shape index (κ1) is 24.8. The number of hydrogen-bond acceptors (Lipinski definition) is 3. The van der Waals surface area contributed by atoms with E-state index >= 15 is 0 Å². The molecule has 0 bridgehead atoms. The topological polar surface area (TPSA) is 24.7 Å². The first-order valence-electron chi connectivity index (χ1n) is 11.9. The zero-order valence-corrected chi connectivity index (χ0v) is 22.5. The first-order valence-corrected chi connectivity index (χ1v) is 12.9. The standard InChI is InChI=1S/C29H40N2S/c1-16-14-17(2)21(6)28(20(16)5)30-24(9)26-12-11-13-27(32-26)25(10)31-29-22(7)18(3)15-19(4)23(29)8/h14-15,26-27H,11-13H2,1-10H3. The molecular weight excluding hydrogens is 408 g/mol. The summed E-state index contributed by atoms with van der Waals surface area (Å²) in [6, 6.07) is 4.56. The molecule has 0 aromatic heterocycles. The highest BCUT2D eigenvalue weighted by Crippen LogP contribution is 2.37. The molecule has 1 aliphatic rings. The molecule has 0 N–H and O–H groups in total. The van der Waals surface area contributed by atoms with Crippen LogP contribution in [0.5, 0.6) is 0 Å².